The lowest BCUT2D eigenvalue weighted by molar-refractivity contribution is -0.116. The molecule has 0 spiro atoms. The Bertz CT molecular complexity index is 748. The van der Waals surface area contributed by atoms with Gasteiger partial charge in [-0.2, -0.15) is 0 Å². The van der Waals surface area contributed by atoms with Crippen molar-refractivity contribution in [2.75, 3.05) is 18.0 Å². The van der Waals surface area contributed by atoms with Crippen LogP contribution in [0.5, 0.6) is 0 Å². The van der Waals surface area contributed by atoms with E-state index in [4.69, 9.17) is 23.2 Å². The summed E-state index contributed by atoms with van der Waals surface area (Å²) in [6, 6.07) is 10.9. The van der Waals surface area contributed by atoms with Crippen molar-refractivity contribution in [3.63, 3.8) is 0 Å². The molecular formula is C17H15Cl2FN2O2. The highest BCUT2D eigenvalue weighted by Crippen LogP contribution is 2.25. The molecule has 2 aromatic carbocycles. The summed E-state index contributed by atoms with van der Waals surface area (Å²) in [6.07, 6.45) is 0. The number of nitrogens with one attached hydrogen (secondary N) is 1. The first kappa shape index (κ1) is 18.2. The summed E-state index contributed by atoms with van der Waals surface area (Å²) in [5.41, 5.74) is 0.330. The molecule has 4 nitrogen and oxygen atoms in total. The van der Waals surface area contributed by atoms with Gasteiger partial charge in [-0.25, -0.2) is 4.39 Å². The number of halogens is 3. The van der Waals surface area contributed by atoms with Crippen LogP contribution in [0.3, 0.4) is 0 Å². The monoisotopic (exact) mass is 368 g/mol. The Balaban J connectivity index is 2.05. The Kier molecular flexibility index (Phi) is 6.17. The van der Waals surface area contributed by atoms with Gasteiger partial charge in [-0.15, -0.1) is 0 Å². The first-order valence-corrected chi connectivity index (χ1v) is 7.92. The predicted octanol–water partition coefficient (Wildman–Crippen LogP) is 3.92. The number of hydrogen-bond acceptors (Lipinski definition) is 2. The van der Waals surface area contributed by atoms with Crippen LogP contribution in [0.25, 0.3) is 0 Å². The van der Waals surface area contributed by atoms with E-state index in [9.17, 15) is 14.0 Å². The van der Waals surface area contributed by atoms with Crippen LogP contribution in [-0.2, 0) is 4.79 Å². The fourth-order valence-corrected chi connectivity index (χ4v) is 2.69. The molecule has 0 saturated carbocycles. The summed E-state index contributed by atoms with van der Waals surface area (Å²) >= 11 is 11.9. The lowest BCUT2D eigenvalue weighted by Crippen LogP contribution is -2.38. The standard InChI is InChI=1S/C17H15Cl2FN2O2/c1-11(23)22(15-8-3-2-5-12(15)18)10-9-21-17(24)16-13(19)6-4-7-14(16)20/h2-8H,9-10H2,1H3,(H,21,24). The smallest absolute Gasteiger partial charge is 0.255 e. The highest BCUT2D eigenvalue weighted by molar-refractivity contribution is 6.34. The van der Waals surface area contributed by atoms with E-state index in [2.05, 4.69) is 5.32 Å². The maximum atomic E-state index is 13.7. The van der Waals surface area contributed by atoms with Gasteiger partial charge in [0.05, 0.1) is 21.3 Å². The average Bonchev–Trinajstić information content (AvgIpc) is 2.52. The van der Waals surface area contributed by atoms with Crippen molar-refractivity contribution in [3.8, 4) is 0 Å². The fraction of sp³-hybridized carbons (Fsp3) is 0.176. The molecule has 24 heavy (non-hydrogen) atoms. The summed E-state index contributed by atoms with van der Waals surface area (Å²) in [4.78, 5) is 25.3. The number of rotatable bonds is 5. The van der Waals surface area contributed by atoms with Crippen LogP contribution in [0.15, 0.2) is 42.5 Å². The molecule has 0 bridgehead atoms. The van der Waals surface area contributed by atoms with Crippen LogP contribution >= 0.6 is 23.2 Å². The van der Waals surface area contributed by atoms with Crippen LogP contribution in [0, 0.1) is 5.82 Å². The largest absolute Gasteiger partial charge is 0.350 e. The number of para-hydroxylation sites is 1. The molecule has 0 radical (unpaired) electrons. The molecule has 126 valence electrons. The average molecular weight is 369 g/mol. The maximum Gasteiger partial charge on any atom is 0.255 e. The highest BCUT2D eigenvalue weighted by atomic mass is 35.5. The summed E-state index contributed by atoms with van der Waals surface area (Å²) < 4.78 is 13.7. The molecule has 0 heterocycles. The van der Waals surface area contributed by atoms with Gasteiger partial charge in [0.25, 0.3) is 5.91 Å². The lowest BCUT2D eigenvalue weighted by Gasteiger charge is -2.22. The maximum absolute atomic E-state index is 13.7. The van der Waals surface area contributed by atoms with Gasteiger partial charge in [0, 0.05) is 20.0 Å². The minimum Gasteiger partial charge on any atom is -0.350 e. The van der Waals surface area contributed by atoms with E-state index in [0.717, 1.165) is 6.07 Å². The Morgan fingerprint density at radius 1 is 1.08 bits per heavy atom. The zero-order valence-corrected chi connectivity index (χ0v) is 14.4. The van der Waals surface area contributed by atoms with Crippen LogP contribution in [0.1, 0.15) is 17.3 Å². The quantitative estimate of drug-likeness (QED) is 0.869. The zero-order valence-electron chi connectivity index (χ0n) is 12.9. The first-order valence-electron chi connectivity index (χ1n) is 7.16. The van der Waals surface area contributed by atoms with Gasteiger partial charge in [0.1, 0.15) is 5.82 Å². The Labute approximate surface area is 149 Å². The number of anilines is 1. The van der Waals surface area contributed by atoms with Crippen molar-refractivity contribution < 1.29 is 14.0 Å². The molecular weight excluding hydrogens is 354 g/mol. The summed E-state index contributed by atoms with van der Waals surface area (Å²) in [5.74, 6) is -1.56. The van der Waals surface area contributed by atoms with Crippen LogP contribution in [-0.4, -0.2) is 24.9 Å². The second-order valence-electron chi connectivity index (χ2n) is 4.97. The van der Waals surface area contributed by atoms with Gasteiger partial charge in [-0.3, -0.25) is 9.59 Å². The Morgan fingerprint density at radius 2 is 1.75 bits per heavy atom. The van der Waals surface area contributed by atoms with Crippen molar-refractivity contribution in [1.82, 2.24) is 5.32 Å². The van der Waals surface area contributed by atoms with E-state index in [1.807, 2.05) is 0 Å². The number of amides is 2. The van der Waals surface area contributed by atoms with Gasteiger partial charge in [0.15, 0.2) is 0 Å². The molecule has 1 N–H and O–H groups in total. The third-order valence-corrected chi connectivity index (χ3v) is 3.97. The SMILES string of the molecule is CC(=O)N(CCNC(=O)c1c(F)cccc1Cl)c1ccccc1Cl. The number of carbonyl (C=O) groups excluding carboxylic acids is 2. The zero-order chi connectivity index (χ0) is 17.7. The molecule has 0 aliphatic heterocycles. The molecule has 2 amide bonds. The second-order valence-corrected chi connectivity index (χ2v) is 5.79. The van der Waals surface area contributed by atoms with Gasteiger partial charge in [0.2, 0.25) is 5.91 Å². The molecule has 0 aromatic heterocycles. The van der Waals surface area contributed by atoms with E-state index in [1.54, 1.807) is 24.3 Å². The molecule has 0 unspecified atom stereocenters. The molecule has 0 aliphatic carbocycles. The number of hydrogen-bond donors (Lipinski definition) is 1. The van der Waals surface area contributed by atoms with E-state index in [-0.39, 0.29) is 29.6 Å². The molecule has 0 aliphatic rings. The first-order chi connectivity index (χ1) is 11.4. The van der Waals surface area contributed by atoms with Gasteiger partial charge in [-0.05, 0) is 24.3 Å². The number of nitrogens with zero attached hydrogens (tertiary/aromatic N) is 1. The summed E-state index contributed by atoms with van der Waals surface area (Å²) in [5, 5.41) is 3.01. The van der Waals surface area contributed by atoms with E-state index in [1.165, 1.54) is 24.0 Å². The molecule has 2 rings (SSSR count). The molecule has 7 heteroatoms. The molecule has 0 atom stereocenters. The van der Waals surface area contributed by atoms with Crippen LogP contribution in [0.4, 0.5) is 10.1 Å². The second kappa shape index (κ2) is 8.13. The molecule has 0 fully saturated rings. The number of carbonyl (C=O) groups is 2. The Hall–Kier alpha value is -2.11. The molecule has 2 aromatic rings. The lowest BCUT2D eigenvalue weighted by atomic mass is 10.2. The van der Waals surface area contributed by atoms with Gasteiger partial charge < -0.3 is 10.2 Å². The fourth-order valence-electron chi connectivity index (χ4n) is 2.20. The van der Waals surface area contributed by atoms with E-state index < -0.39 is 11.7 Å². The van der Waals surface area contributed by atoms with Crippen LogP contribution in [0.2, 0.25) is 10.0 Å². The van der Waals surface area contributed by atoms with Crippen molar-refractivity contribution in [2.45, 2.75) is 6.92 Å². The van der Waals surface area contributed by atoms with Crippen molar-refractivity contribution in [1.29, 1.82) is 0 Å². The predicted molar refractivity (Wildman–Crippen MR) is 93.2 cm³/mol. The van der Waals surface area contributed by atoms with Gasteiger partial charge >= 0.3 is 0 Å². The van der Waals surface area contributed by atoms with Crippen LogP contribution < -0.4 is 10.2 Å². The minimum absolute atomic E-state index is 0.0297. The third-order valence-electron chi connectivity index (χ3n) is 3.33. The summed E-state index contributed by atoms with van der Waals surface area (Å²) in [7, 11) is 0. The van der Waals surface area contributed by atoms with E-state index >= 15 is 0 Å². The molecule has 0 saturated heterocycles. The Morgan fingerprint density at radius 3 is 2.38 bits per heavy atom. The van der Waals surface area contributed by atoms with Crippen molar-refractivity contribution in [3.05, 3.63) is 63.9 Å². The normalized spacial score (nSPS) is 10.3. The van der Waals surface area contributed by atoms with E-state index in [0.29, 0.717) is 10.7 Å². The number of benzene rings is 2. The van der Waals surface area contributed by atoms with Crippen molar-refractivity contribution >= 4 is 40.7 Å². The minimum atomic E-state index is -0.700. The van der Waals surface area contributed by atoms with Gasteiger partial charge in [-0.1, -0.05) is 41.4 Å². The summed E-state index contributed by atoms with van der Waals surface area (Å²) in [6.45, 7) is 1.71. The third kappa shape index (κ3) is 4.24. The highest BCUT2D eigenvalue weighted by Gasteiger charge is 2.17. The topological polar surface area (TPSA) is 49.4 Å². The van der Waals surface area contributed by atoms with Crippen molar-refractivity contribution in [2.24, 2.45) is 0 Å².